The number of allylic oxidation sites excluding steroid dienone is 2. The van der Waals surface area contributed by atoms with Gasteiger partial charge in [-0.05, 0) is 26.2 Å². The maximum absolute atomic E-state index is 13.0. The number of hydrogen-bond acceptors (Lipinski definition) is 10. The largest absolute Gasteiger partial charge is 0.394 e. The first kappa shape index (κ1) is 50.6. The van der Waals surface area contributed by atoms with Crippen molar-refractivity contribution in [3.05, 3.63) is 24.3 Å². The highest BCUT2D eigenvalue weighted by molar-refractivity contribution is 5.80. The van der Waals surface area contributed by atoms with Crippen molar-refractivity contribution in [2.75, 3.05) is 13.2 Å². The zero-order valence-electron chi connectivity index (χ0n) is 34.2. The molecule has 0 aliphatic carbocycles. The van der Waals surface area contributed by atoms with Gasteiger partial charge >= 0.3 is 0 Å². The van der Waals surface area contributed by atoms with Crippen molar-refractivity contribution >= 4 is 5.91 Å². The fourth-order valence-corrected chi connectivity index (χ4v) is 6.85. The van der Waals surface area contributed by atoms with E-state index in [0.717, 1.165) is 32.1 Å². The third-order valence-corrected chi connectivity index (χ3v) is 10.5. The van der Waals surface area contributed by atoms with E-state index in [-0.39, 0.29) is 13.0 Å². The number of amides is 1. The van der Waals surface area contributed by atoms with Crippen LogP contribution < -0.4 is 5.32 Å². The Bertz CT molecular complexity index is 961. The second-order valence-corrected chi connectivity index (χ2v) is 15.8. The molecule has 0 saturated carbocycles. The maximum atomic E-state index is 13.0. The molecule has 0 aromatic heterocycles. The third kappa shape index (κ3) is 23.6. The van der Waals surface area contributed by atoms with Crippen molar-refractivity contribution in [2.45, 2.75) is 229 Å². The van der Waals surface area contributed by atoms with E-state index in [4.69, 9.17) is 9.47 Å². The highest BCUT2D eigenvalue weighted by Crippen LogP contribution is 2.23. The predicted octanol–water partition coefficient (Wildman–Crippen LogP) is 6.28. The first-order chi connectivity index (χ1) is 26.0. The van der Waals surface area contributed by atoms with Gasteiger partial charge in [0.1, 0.15) is 30.5 Å². The quantitative estimate of drug-likeness (QED) is 0.0273. The van der Waals surface area contributed by atoms with E-state index in [2.05, 4.69) is 19.2 Å². The van der Waals surface area contributed by atoms with Gasteiger partial charge in [-0.3, -0.25) is 4.79 Å². The summed E-state index contributed by atoms with van der Waals surface area (Å²) in [4.78, 5) is 13.0. The molecule has 0 radical (unpaired) electrons. The van der Waals surface area contributed by atoms with Crippen molar-refractivity contribution in [3.63, 3.8) is 0 Å². The van der Waals surface area contributed by atoms with Crippen LogP contribution in [0.2, 0.25) is 0 Å². The van der Waals surface area contributed by atoms with Crippen LogP contribution in [0.25, 0.3) is 0 Å². The number of rotatable bonds is 34. The molecule has 0 aromatic rings. The average Bonchev–Trinajstić information content (AvgIpc) is 3.15. The molecule has 1 rings (SSSR count). The number of nitrogens with one attached hydrogen (secondary N) is 1. The van der Waals surface area contributed by atoms with Crippen molar-refractivity contribution in [3.8, 4) is 0 Å². The maximum Gasteiger partial charge on any atom is 0.249 e. The Morgan fingerprint density at radius 1 is 0.741 bits per heavy atom. The van der Waals surface area contributed by atoms with Gasteiger partial charge in [0.05, 0.1) is 31.0 Å². The SMILES string of the molecule is CCCCCCCCCCCCCCCCC(O)C(=O)NC(CO[C@@H]1O[C@H](CO)[C@@H](O)[C@H](O)[C@H]1O)C(O)/C=C/C/C=C/C(C)(O)CCCCCCCCC. The Labute approximate surface area is 327 Å². The Morgan fingerprint density at radius 2 is 1.24 bits per heavy atom. The normalized spacial score (nSPS) is 23.5. The van der Waals surface area contributed by atoms with Crippen LogP contribution in [-0.2, 0) is 14.3 Å². The molecule has 11 nitrogen and oxygen atoms in total. The minimum atomic E-state index is -1.64. The Balaban J connectivity index is 2.60. The fourth-order valence-electron chi connectivity index (χ4n) is 6.85. The minimum Gasteiger partial charge on any atom is -0.394 e. The van der Waals surface area contributed by atoms with Gasteiger partial charge in [-0.15, -0.1) is 0 Å². The lowest BCUT2D eigenvalue weighted by molar-refractivity contribution is -0.302. The van der Waals surface area contributed by atoms with Crippen molar-refractivity contribution in [1.29, 1.82) is 0 Å². The van der Waals surface area contributed by atoms with Crippen LogP contribution in [0.3, 0.4) is 0 Å². The number of unbranched alkanes of at least 4 members (excludes halogenated alkanes) is 19. The van der Waals surface area contributed by atoms with Gasteiger partial charge in [0.25, 0.3) is 0 Å². The summed E-state index contributed by atoms with van der Waals surface area (Å²) in [5, 5.41) is 75.2. The van der Waals surface area contributed by atoms with E-state index in [9.17, 15) is 40.5 Å². The molecule has 1 heterocycles. The second kappa shape index (κ2) is 31.6. The van der Waals surface area contributed by atoms with Crippen LogP contribution in [0.15, 0.2) is 24.3 Å². The van der Waals surface area contributed by atoms with Gasteiger partial charge in [0.15, 0.2) is 6.29 Å². The summed E-state index contributed by atoms with van der Waals surface area (Å²) in [6.45, 7) is 5.24. The first-order valence-electron chi connectivity index (χ1n) is 21.6. The summed E-state index contributed by atoms with van der Waals surface area (Å²) in [7, 11) is 0. The van der Waals surface area contributed by atoms with Crippen molar-refractivity contribution in [1.82, 2.24) is 5.32 Å². The van der Waals surface area contributed by atoms with Gasteiger partial charge in [-0.2, -0.15) is 0 Å². The topological polar surface area (TPSA) is 189 Å². The lowest BCUT2D eigenvalue weighted by Gasteiger charge is -2.40. The van der Waals surface area contributed by atoms with E-state index in [1.807, 2.05) is 6.08 Å². The van der Waals surface area contributed by atoms with Crippen LogP contribution >= 0.6 is 0 Å². The van der Waals surface area contributed by atoms with Gasteiger partial charge in [-0.25, -0.2) is 0 Å². The van der Waals surface area contributed by atoms with E-state index in [0.29, 0.717) is 19.3 Å². The molecule has 4 unspecified atom stereocenters. The highest BCUT2D eigenvalue weighted by atomic mass is 16.7. The highest BCUT2D eigenvalue weighted by Gasteiger charge is 2.44. The van der Waals surface area contributed by atoms with Gasteiger partial charge in [-0.1, -0.05) is 173 Å². The molecule has 8 N–H and O–H groups in total. The van der Waals surface area contributed by atoms with Crippen LogP contribution in [-0.4, -0.2) is 109 Å². The standard InChI is InChI=1S/C43H81NO10/c1-4-6-8-10-12-13-14-15-16-17-18-19-21-24-29-36(47)41(51)44-34(33-53-42-40(50)39(49)38(48)37(32-45)54-42)35(46)28-25-23-27-31-43(3,52)30-26-22-20-11-9-7-5-2/h25,27-28,31,34-40,42,45-50,52H,4-24,26,29-30,32-33H2,1-3H3,(H,44,51)/b28-25+,31-27+/t34?,35?,36?,37-,38-,39+,40-,42-,43?/m1/s1. The van der Waals surface area contributed by atoms with Gasteiger partial charge in [0, 0.05) is 0 Å². The number of aliphatic hydroxyl groups is 7. The second-order valence-electron chi connectivity index (χ2n) is 15.8. The van der Waals surface area contributed by atoms with Crippen LogP contribution in [0.4, 0.5) is 0 Å². The number of aliphatic hydroxyl groups excluding tert-OH is 6. The average molecular weight is 772 g/mol. The predicted molar refractivity (Wildman–Crippen MR) is 215 cm³/mol. The summed E-state index contributed by atoms with van der Waals surface area (Å²) < 4.78 is 11.1. The molecule has 1 saturated heterocycles. The summed E-state index contributed by atoms with van der Waals surface area (Å²) in [5.41, 5.74) is -0.936. The van der Waals surface area contributed by atoms with Crippen LogP contribution in [0.5, 0.6) is 0 Å². The monoisotopic (exact) mass is 772 g/mol. The Kier molecular flexibility index (Phi) is 29.7. The fraction of sp³-hybridized carbons (Fsp3) is 0.884. The molecule has 0 bridgehead atoms. The molecule has 54 heavy (non-hydrogen) atoms. The minimum absolute atomic E-state index is 0.277. The zero-order chi connectivity index (χ0) is 40.0. The van der Waals surface area contributed by atoms with Crippen LogP contribution in [0.1, 0.15) is 175 Å². The zero-order valence-corrected chi connectivity index (χ0v) is 34.2. The molecular formula is C43H81NO10. The molecule has 1 fully saturated rings. The van der Waals surface area contributed by atoms with E-state index >= 15 is 0 Å². The van der Waals surface area contributed by atoms with E-state index in [1.54, 1.807) is 19.1 Å². The molecule has 0 spiro atoms. The number of carbonyl (C=O) groups is 1. The molecule has 1 amide bonds. The lowest BCUT2D eigenvalue weighted by Crippen LogP contribution is -2.60. The number of hydrogen-bond donors (Lipinski definition) is 8. The Morgan fingerprint density at radius 3 is 1.76 bits per heavy atom. The lowest BCUT2D eigenvalue weighted by atomic mass is 9.96. The Hall–Kier alpha value is -1.41. The van der Waals surface area contributed by atoms with Gasteiger partial charge < -0.3 is 50.5 Å². The van der Waals surface area contributed by atoms with E-state index < -0.39 is 67.1 Å². The van der Waals surface area contributed by atoms with E-state index in [1.165, 1.54) is 102 Å². The molecule has 1 aliphatic rings. The molecule has 0 aromatic carbocycles. The number of ether oxygens (including phenoxy) is 2. The first-order valence-corrected chi connectivity index (χ1v) is 21.6. The molecule has 9 atom stereocenters. The molecule has 318 valence electrons. The van der Waals surface area contributed by atoms with Gasteiger partial charge in [0.2, 0.25) is 5.91 Å². The third-order valence-electron chi connectivity index (χ3n) is 10.5. The molecular weight excluding hydrogens is 690 g/mol. The van der Waals surface area contributed by atoms with Crippen molar-refractivity contribution in [2.24, 2.45) is 0 Å². The van der Waals surface area contributed by atoms with Crippen LogP contribution in [0, 0.1) is 0 Å². The summed E-state index contributed by atoms with van der Waals surface area (Å²) >= 11 is 0. The summed E-state index contributed by atoms with van der Waals surface area (Å²) in [6.07, 6.45) is 23.2. The summed E-state index contributed by atoms with van der Waals surface area (Å²) in [6, 6.07) is -1.06. The molecule has 1 aliphatic heterocycles. The smallest absolute Gasteiger partial charge is 0.249 e. The molecule has 11 heteroatoms. The number of carbonyl (C=O) groups excluding carboxylic acids is 1. The summed E-state index contributed by atoms with van der Waals surface area (Å²) in [5.74, 6) is -0.666. The van der Waals surface area contributed by atoms with Crippen molar-refractivity contribution < 1.29 is 50.0 Å².